The van der Waals surface area contributed by atoms with Crippen molar-refractivity contribution in [2.75, 3.05) is 5.32 Å². The summed E-state index contributed by atoms with van der Waals surface area (Å²) in [5, 5.41) is 12.6. The number of nitrogens with one attached hydrogen (secondary N) is 1. The number of aryl methyl sites for hydroxylation is 1. The van der Waals surface area contributed by atoms with E-state index in [0.717, 1.165) is 5.56 Å². The number of halogens is 2. The molecule has 0 radical (unpaired) electrons. The van der Waals surface area contributed by atoms with E-state index >= 15 is 0 Å². The third-order valence-corrected chi connectivity index (χ3v) is 4.78. The third kappa shape index (κ3) is 3.69. The standard InChI is InChI=1S/C15H17Cl2NO3/c1-8-2-7-11(16)13(12(8)17)18-14(19)9-3-5-10(6-4-9)15(20)21/h2,7,9-10H,3-6H2,1H3,(H,18,19)(H,20,21). The lowest BCUT2D eigenvalue weighted by Gasteiger charge is -2.25. The molecule has 1 aliphatic rings. The van der Waals surface area contributed by atoms with Gasteiger partial charge in [0.2, 0.25) is 5.91 Å². The van der Waals surface area contributed by atoms with Gasteiger partial charge in [-0.3, -0.25) is 9.59 Å². The van der Waals surface area contributed by atoms with Gasteiger partial charge in [-0.1, -0.05) is 29.3 Å². The van der Waals surface area contributed by atoms with Crippen molar-refractivity contribution in [2.45, 2.75) is 32.6 Å². The van der Waals surface area contributed by atoms with Crippen LogP contribution in [-0.2, 0) is 9.59 Å². The Balaban J connectivity index is 2.03. The van der Waals surface area contributed by atoms with Gasteiger partial charge in [0.25, 0.3) is 0 Å². The van der Waals surface area contributed by atoms with Gasteiger partial charge in [-0.25, -0.2) is 0 Å². The first-order chi connectivity index (χ1) is 9.90. The average Bonchev–Trinajstić information content (AvgIpc) is 2.47. The minimum atomic E-state index is -0.779. The van der Waals surface area contributed by atoms with Gasteiger partial charge in [0.15, 0.2) is 0 Å². The van der Waals surface area contributed by atoms with Gasteiger partial charge in [0, 0.05) is 5.92 Å². The van der Waals surface area contributed by atoms with E-state index in [0.29, 0.717) is 41.4 Å². The molecular formula is C15H17Cl2NO3. The van der Waals surface area contributed by atoms with Crippen LogP contribution in [0.3, 0.4) is 0 Å². The van der Waals surface area contributed by atoms with E-state index in [1.807, 2.05) is 6.92 Å². The lowest BCUT2D eigenvalue weighted by molar-refractivity contribution is -0.143. The smallest absolute Gasteiger partial charge is 0.306 e. The second kappa shape index (κ2) is 6.67. The molecule has 0 aliphatic heterocycles. The van der Waals surface area contributed by atoms with E-state index in [-0.39, 0.29) is 17.7 Å². The number of carbonyl (C=O) groups is 2. The van der Waals surface area contributed by atoms with Crippen molar-refractivity contribution in [1.29, 1.82) is 0 Å². The fourth-order valence-electron chi connectivity index (χ4n) is 2.60. The molecule has 21 heavy (non-hydrogen) atoms. The zero-order valence-electron chi connectivity index (χ0n) is 11.7. The first-order valence-corrected chi connectivity index (χ1v) is 7.64. The maximum absolute atomic E-state index is 12.3. The molecule has 2 N–H and O–H groups in total. The van der Waals surface area contributed by atoms with E-state index in [1.165, 1.54) is 0 Å². The molecule has 0 atom stereocenters. The zero-order chi connectivity index (χ0) is 15.6. The maximum Gasteiger partial charge on any atom is 0.306 e. The summed E-state index contributed by atoms with van der Waals surface area (Å²) >= 11 is 12.2. The molecule has 1 fully saturated rings. The number of aliphatic carboxylic acids is 1. The summed E-state index contributed by atoms with van der Waals surface area (Å²) in [7, 11) is 0. The molecule has 0 spiro atoms. The molecule has 2 rings (SSSR count). The van der Waals surface area contributed by atoms with Gasteiger partial charge in [-0.15, -0.1) is 0 Å². The number of carbonyl (C=O) groups excluding carboxylic acids is 1. The molecule has 1 aliphatic carbocycles. The third-order valence-electron chi connectivity index (χ3n) is 3.98. The molecule has 1 amide bonds. The quantitative estimate of drug-likeness (QED) is 0.876. The predicted molar refractivity (Wildman–Crippen MR) is 82.9 cm³/mol. The molecule has 0 unspecified atom stereocenters. The molecule has 1 aromatic carbocycles. The zero-order valence-corrected chi connectivity index (χ0v) is 13.2. The fraction of sp³-hybridized carbons (Fsp3) is 0.467. The van der Waals surface area contributed by atoms with Crippen LogP contribution in [0, 0.1) is 18.8 Å². The summed E-state index contributed by atoms with van der Waals surface area (Å²) in [6, 6.07) is 3.48. The lowest BCUT2D eigenvalue weighted by Crippen LogP contribution is -2.29. The summed E-state index contributed by atoms with van der Waals surface area (Å²) in [4.78, 5) is 23.2. The van der Waals surface area contributed by atoms with E-state index < -0.39 is 5.97 Å². The normalized spacial score (nSPS) is 21.9. The number of benzene rings is 1. The summed E-state index contributed by atoms with van der Waals surface area (Å²) < 4.78 is 0. The Morgan fingerprint density at radius 3 is 2.29 bits per heavy atom. The molecule has 0 aromatic heterocycles. The molecule has 1 aromatic rings. The summed E-state index contributed by atoms with van der Waals surface area (Å²) in [6.07, 6.45) is 2.21. The number of amides is 1. The predicted octanol–water partition coefficient (Wildman–Crippen LogP) is 4.13. The Kier molecular flexibility index (Phi) is 5.12. The second-order valence-electron chi connectivity index (χ2n) is 5.43. The minimum Gasteiger partial charge on any atom is -0.481 e. The van der Waals surface area contributed by atoms with E-state index in [2.05, 4.69) is 5.32 Å². The Labute approximate surface area is 133 Å². The first-order valence-electron chi connectivity index (χ1n) is 6.88. The number of anilines is 1. The lowest BCUT2D eigenvalue weighted by atomic mass is 9.81. The summed E-state index contributed by atoms with van der Waals surface area (Å²) in [5.74, 6) is -1.44. The molecule has 6 heteroatoms. The number of rotatable bonds is 3. The molecule has 4 nitrogen and oxygen atoms in total. The Morgan fingerprint density at radius 1 is 1.14 bits per heavy atom. The van der Waals surface area contributed by atoms with Crippen molar-refractivity contribution in [3.8, 4) is 0 Å². The average molecular weight is 330 g/mol. The van der Waals surface area contributed by atoms with Crippen LogP contribution in [0.4, 0.5) is 5.69 Å². The van der Waals surface area contributed by atoms with Crippen LogP contribution < -0.4 is 5.32 Å². The number of hydrogen-bond acceptors (Lipinski definition) is 2. The number of hydrogen-bond donors (Lipinski definition) is 2. The highest BCUT2D eigenvalue weighted by atomic mass is 35.5. The Bertz CT molecular complexity index is 566. The highest BCUT2D eigenvalue weighted by molar-refractivity contribution is 6.40. The van der Waals surface area contributed by atoms with Crippen LogP contribution in [0.15, 0.2) is 12.1 Å². The van der Waals surface area contributed by atoms with Gasteiger partial charge in [0.1, 0.15) is 0 Å². The van der Waals surface area contributed by atoms with Crippen molar-refractivity contribution in [1.82, 2.24) is 0 Å². The summed E-state index contributed by atoms with van der Waals surface area (Å²) in [6.45, 7) is 1.84. The van der Waals surface area contributed by atoms with E-state index in [4.69, 9.17) is 28.3 Å². The first kappa shape index (κ1) is 16.1. The van der Waals surface area contributed by atoms with Gasteiger partial charge in [0.05, 0.1) is 21.7 Å². The monoisotopic (exact) mass is 329 g/mol. The topological polar surface area (TPSA) is 66.4 Å². The van der Waals surface area contributed by atoms with E-state index in [9.17, 15) is 9.59 Å². The Morgan fingerprint density at radius 2 is 1.71 bits per heavy atom. The number of carboxylic acid groups (broad SMARTS) is 1. The minimum absolute atomic E-state index is 0.145. The van der Waals surface area contributed by atoms with Crippen LogP contribution in [0.25, 0.3) is 0 Å². The van der Waals surface area contributed by atoms with Gasteiger partial charge in [-0.05, 0) is 44.2 Å². The SMILES string of the molecule is Cc1ccc(Cl)c(NC(=O)C2CCC(C(=O)O)CC2)c1Cl. The van der Waals surface area contributed by atoms with Crippen LogP contribution in [0.2, 0.25) is 10.0 Å². The van der Waals surface area contributed by atoms with Crippen LogP contribution in [0.1, 0.15) is 31.2 Å². The fourth-order valence-corrected chi connectivity index (χ4v) is 3.06. The van der Waals surface area contributed by atoms with Crippen molar-refractivity contribution < 1.29 is 14.7 Å². The second-order valence-corrected chi connectivity index (χ2v) is 6.21. The molecule has 0 bridgehead atoms. The van der Waals surface area contributed by atoms with Gasteiger partial charge < -0.3 is 10.4 Å². The molecule has 114 valence electrons. The maximum atomic E-state index is 12.3. The van der Waals surface area contributed by atoms with Crippen molar-refractivity contribution in [3.05, 3.63) is 27.7 Å². The van der Waals surface area contributed by atoms with Crippen molar-refractivity contribution >= 4 is 40.8 Å². The molecular weight excluding hydrogens is 313 g/mol. The molecule has 0 heterocycles. The van der Waals surface area contributed by atoms with E-state index in [1.54, 1.807) is 12.1 Å². The molecule has 1 saturated carbocycles. The largest absolute Gasteiger partial charge is 0.481 e. The Hall–Kier alpha value is -1.26. The van der Waals surface area contributed by atoms with Crippen molar-refractivity contribution in [3.63, 3.8) is 0 Å². The summed E-state index contributed by atoms with van der Waals surface area (Å²) in [5.41, 5.74) is 1.27. The van der Waals surface area contributed by atoms with Crippen molar-refractivity contribution in [2.24, 2.45) is 11.8 Å². The highest BCUT2D eigenvalue weighted by Crippen LogP contribution is 2.35. The van der Waals surface area contributed by atoms with Crippen LogP contribution in [0.5, 0.6) is 0 Å². The van der Waals surface area contributed by atoms with Crippen LogP contribution in [-0.4, -0.2) is 17.0 Å². The van der Waals surface area contributed by atoms with Gasteiger partial charge >= 0.3 is 5.97 Å². The molecule has 0 saturated heterocycles. The van der Waals surface area contributed by atoms with Gasteiger partial charge in [-0.2, -0.15) is 0 Å². The highest BCUT2D eigenvalue weighted by Gasteiger charge is 2.30. The van der Waals surface area contributed by atoms with Crippen LogP contribution >= 0.6 is 23.2 Å². The number of carboxylic acids is 1.